The van der Waals surface area contributed by atoms with Gasteiger partial charge in [0.1, 0.15) is 0 Å². The Morgan fingerprint density at radius 3 is 2.28 bits per heavy atom. The second-order valence-corrected chi connectivity index (χ2v) is 6.38. The molecule has 1 nitrogen and oxygen atoms in total. The minimum Gasteiger partial charge on any atom is -0.308 e. The molecule has 0 aliphatic heterocycles. The van der Waals surface area contributed by atoms with Crippen molar-refractivity contribution < 1.29 is 0 Å². The third-order valence-corrected chi connectivity index (χ3v) is 4.07. The number of nitrogens with one attached hydrogen (secondary N) is 1. The Bertz CT molecular complexity index is 482. The molecule has 2 rings (SSSR count). The average molecular weight is 259 g/mol. The Balaban J connectivity index is 1.83. The van der Waals surface area contributed by atoms with Crippen molar-refractivity contribution in [2.45, 2.75) is 39.8 Å². The smallest absolute Gasteiger partial charge is 0.0303 e. The van der Waals surface area contributed by atoms with E-state index in [0.717, 1.165) is 13.1 Å². The number of rotatable bonds is 5. The van der Waals surface area contributed by atoms with Crippen LogP contribution in [0.4, 0.5) is 0 Å². The summed E-state index contributed by atoms with van der Waals surface area (Å²) in [7, 11) is 0. The molecule has 2 aromatic rings. The van der Waals surface area contributed by atoms with Gasteiger partial charge in [-0.25, -0.2) is 0 Å². The number of benzene rings is 1. The molecule has 18 heavy (non-hydrogen) atoms. The van der Waals surface area contributed by atoms with Crippen LogP contribution in [0.1, 0.15) is 40.6 Å². The molecular formula is C16H21NS. The first-order chi connectivity index (χ1) is 8.65. The van der Waals surface area contributed by atoms with Crippen molar-refractivity contribution in [1.29, 1.82) is 0 Å². The standard InChI is InChI=1S/C16H21NS/c1-12(2)15-7-5-14(6-8-15)10-17-11-16-9-4-13(3)18-16/h4-9,12,17H,10-11H2,1-3H3. The van der Waals surface area contributed by atoms with Gasteiger partial charge < -0.3 is 5.32 Å². The minimum atomic E-state index is 0.612. The summed E-state index contributed by atoms with van der Waals surface area (Å²) in [5.41, 5.74) is 2.76. The van der Waals surface area contributed by atoms with Gasteiger partial charge in [-0.2, -0.15) is 0 Å². The van der Waals surface area contributed by atoms with E-state index in [1.165, 1.54) is 20.9 Å². The molecular weight excluding hydrogens is 238 g/mol. The summed E-state index contributed by atoms with van der Waals surface area (Å²) in [6.45, 7) is 8.51. The molecule has 0 atom stereocenters. The van der Waals surface area contributed by atoms with Gasteiger partial charge in [0.2, 0.25) is 0 Å². The maximum atomic E-state index is 3.49. The van der Waals surface area contributed by atoms with E-state index in [1.807, 2.05) is 11.3 Å². The molecule has 0 radical (unpaired) electrons. The van der Waals surface area contributed by atoms with Crippen LogP contribution in [-0.2, 0) is 13.1 Å². The quantitative estimate of drug-likeness (QED) is 0.835. The van der Waals surface area contributed by atoms with Gasteiger partial charge in [-0.3, -0.25) is 0 Å². The second-order valence-electron chi connectivity index (χ2n) is 5.01. The van der Waals surface area contributed by atoms with E-state index in [1.54, 1.807) is 0 Å². The topological polar surface area (TPSA) is 12.0 Å². The van der Waals surface area contributed by atoms with Crippen LogP contribution in [0.3, 0.4) is 0 Å². The number of thiophene rings is 1. The van der Waals surface area contributed by atoms with Crippen molar-refractivity contribution in [3.8, 4) is 0 Å². The fourth-order valence-electron chi connectivity index (χ4n) is 1.93. The summed E-state index contributed by atoms with van der Waals surface area (Å²) in [5, 5.41) is 3.49. The molecule has 0 amide bonds. The van der Waals surface area contributed by atoms with E-state index in [-0.39, 0.29) is 0 Å². The van der Waals surface area contributed by atoms with E-state index in [4.69, 9.17) is 0 Å². The largest absolute Gasteiger partial charge is 0.308 e. The molecule has 0 aliphatic carbocycles. The van der Waals surface area contributed by atoms with Crippen molar-refractivity contribution in [3.63, 3.8) is 0 Å². The molecule has 1 N–H and O–H groups in total. The van der Waals surface area contributed by atoms with Gasteiger partial charge in [0.15, 0.2) is 0 Å². The van der Waals surface area contributed by atoms with Crippen LogP contribution in [0.25, 0.3) is 0 Å². The van der Waals surface area contributed by atoms with E-state index >= 15 is 0 Å². The fraction of sp³-hybridized carbons (Fsp3) is 0.375. The highest BCUT2D eigenvalue weighted by atomic mass is 32.1. The third kappa shape index (κ3) is 3.69. The molecule has 1 aromatic heterocycles. The first-order valence-electron chi connectivity index (χ1n) is 6.50. The Morgan fingerprint density at radius 1 is 1.00 bits per heavy atom. The lowest BCUT2D eigenvalue weighted by atomic mass is 10.0. The van der Waals surface area contributed by atoms with Crippen LogP contribution in [-0.4, -0.2) is 0 Å². The van der Waals surface area contributed by atoms with Crippen LogP contribution >= 0.6 is 11.3 Å². The SMILES string of the molecule is Cc1ccc(CNCc2ccc(C(C)C)cc2)s1. The van der Waals surface area contributed by atoms with Gasteiger partial charge >= 0.3 is 0 Å². The average Bonchev–Trinajstić information content (AvgIpc) is 2.76. The van der Waals surface area contributed by atoms with Crippen LogP contribution in [0.15, 0.2) is 36.4 Å². The van der Waals surface area contributed by atoms with Gasteiger partial charge in [-0.15, -0.1) is 11.3 Å². The molecule has 1 aromatic carbocycles. The second kappa shape index (κ2) is 6.17. The fourth-order valence-corrected chi connectivity index (χ4v) is 2.79. The van der Waals surface area contributed by atoms with Crippen molar-refractivity contribution in [2.24, 2.45) is 0 Å². The maximum absolute atomic E-state index is 3.49. The first-order valence-corrected chi connectivity index (χ1v) is 7.31. The zero-order valence-electron chi connectivity index (χ0n) is 11.4. The van der Waals surface area contributed by atoms with E-state index < -0.39 is 0 Å². The van der Waals surface area contributed by atoms with Crippen molar-refractivity contribution in [3.05, 3.63) is 57.3 Å². The van der Waals surface area contributed by atoms with Gasteiger partial charge in [0.25, 0.3) is 0 Å². The molecule has 0 aliphatic rings. The monoisotopic (exact) mass is 259 g/mol. The Labute approximate surface area is 114 Å². The molecule has 1 heterocycles. The summed E-state index contributed by atoms with van der Waals surface area (Å²) in [4.78, 5) is 2.79. The zero-order valence-corrected chi connectivity index (χ0v) is 12.2. The molecule has 96 valence electrons. The summed E-state index contributed by atoms with van der Waals surface area (Å²) >= 11 is 1.87. The molecule has 0 fully saturated rings. The Hall–Kier alpha value is -1.12. The van der Waals surface area contributed by atoms with E-state index in [0.29, 0.717) is 5.92 Å². The predicted molar refractivity (Wildman–Crippen MR) is 80.1 cm³/mol. The molecule has 0 unspecified atom stereocenters. The first kappa shape index (κ1) is 13.3. The summed E-state index contributed by atoms with van der Waals surface area (Å²) in [5.74, 6) is 0.612. The van der Waals surface area contributed by atoms with Crippen molar-refractivity contribution in [1.82, 2.24) is 5.32 Å². The van der Waals surface area contributed by atoms with Gasteiger partial charge in [-0.05, 0) is 36.1 Å². The molecule has 0 saturated carbocycles. The lowest BCUT2D eigenvalue weighted by Crippen LogP contribution is -2.11. The van der Waals surface area contributed by atoms with Gasteiger partial charge in [-0.1, -0.05) is 38.1 Å². The van der Waals surface area contributed by atoms with Crippen LogP contribution < -0.4 is 5.32 Å². The van der Waals surface area contributed by atoms with Crippen LogP contribution in [0.2, 0.25) is 0 Å². The molecule has 0 saturated heterocycles. The van der Waals surface area contributed by atoms with Crippen LogP contribution in [0.5, 0.6) is 0 Å². The molecule has 0 spiro atoms. The van der Waals surface area contributed by atoms with Gasteiger partial charge in [0.05, 0.1) is 0 Å². The highest BCUT2D eigenvalue weighted by Gasteiger charge is 2.00. The Kier molecular flexibility index (Phi) is 4.56. The predicted octanol–water partition coefficient (Wildman–Crippen LogP) is 4.47. The summed E-state index contributed by atoms with van der Waals surface area (Å²) in [6.07, 6.45) is 0. The summed E-state index contributed by atoms with van der Waals surface area (Å²) in [6, 6.07) is 13.3. The normalized spacial score (nSPS) is 11.1. The van der Waals surface area contributed by atoms with E-state index in [9.17, 15) is 0 Å². The number of hydrogen-bond acceptors (Lipinski definition) is 2. The van der Waals surface area contributed by atoms with E-state index in [2.05, 4.69) is 62.5 Å². The van der Waals surface area contributed by atoms with Crippen molar-refractivity contribution >= 4 is 11.3 Å². The Morgan fingerprint density at radius 2 is 1.72 bits per heavy atom. The lowest BCUT2D eigenvalue weighted by molar-refractivity contribution is 0.700. The maximum Gasteiger partial charge on any atom is 0.0303 e. The summed E-state index contributed by atoms with van der Waals surface area (Å²) < 4.78 is 0. The third-order valence-electron chi connectivity index (χ3n) is 3.07. The molecule has 0 bridgehead atoms. The highest BCUT2D eigenvalue weighted by molar-refractivity contribution is 7.11. The van der Waals surface area contributed by atoms with Crippen molar-refractivity contribution in [2.75, 3.05) is 0 Å². The number of hydrogen-bond donors (Lipinski definition) is 1. The minimum absolute atomic E-state index is 0.612. The van der Waals surface area contributed by atoms with Gasteiger partial charge in [0, 0.05) is 22.8 Å². The highest BCUT2D eigenvalue weighted by Crippen LogP contribution is 2.16. The zero-order chi connectivity index (χ0) is 13.0. The molecule has 2 heteroatoms. The lowest BCUT2D eigenvalue weighted by Gasteiger charge is -2.07. The van der Waals surface area contributed by atoms with Crippen LogP contribution in [0, 0.1) is 6.92 Å². The number of aryl methyl sites for hydroxylation is 1.